The molecule has 0 spiro atoms. The van der Waals surface area contributed by atoms with Gasteiger partial charge in [0.05, 0.1) is 5.97 Å². The molecule has 1 aromatic heterocycles. The number of nitrogens with zero attached hydrogens (tertiary/aromatic N) is 1. The monoisotopic (exact) mass is 428 g/mol. The van der Waals surface area contributed by atoms with Crippen LogP contribution in [0.3, 0.4) is 0 Å². The van der Waals surface area contributed by atoms with Crippen molar-refractivity contribution in [3.05, 3.63) is 69.6 Å². The van der Waals surface area contributed by atoms with Gasteiger partial charge in [-0.25, -0.2) is 8.42 Å². The van der Waals surface area contributed by atoms with E-state index in [1.807, 2.05) is 18.2 Å². The van der Waals surface area contributed by atoms with Crippen LogP contribution in [0.15, 0.2) is 53.5 Å². The Labute approximate surface area is 169 Å². The first-order chi connectivity index (χ1) is 12.9. The molecule has 0 aliphatic heterocycles. The zero-order valence-corrected chi connectivity index (χ0v) is 17.7. The number of carbonyl (C=O) groups is 1. The minimum atomic E-state index is -3.86. The first kappa shape index (κ1) is 23.9. The number of halogens is 1. The minimum absolute atomic E-state index is 0.0620. The van der Waals surface area contributed by atoms with Gasteiger partial charge < -0.3 is 20.2 Å². The molecule has 154 valence electrons. The van der Waals surface area contributed by atoms with Crippen molar-refractivity contribution in [2.75, 3.05) is 6.26 Å². The van der Waals surface area contributed by atoms with E-state index in [1.165, 1.54) is 28.5 Å². The lowest BCUT2D eigenvalue weighted by Crippen LogP contribution is -2.52. The number of sulfone groups is 1. The number of quaternary nitrogens is 1. The Hall–Kier alpha value is -2.16. The molecule has 9 heteroatoms. The number of hydrogen-bond acceptors (Lipinski definition) is 5. The Balaban J connectivity index is 0.000000362. The van der Waals surface area contributed by atoms with Gasteiger partial charge in [-0.2, -0.15) is 0 Å². The molecule has 0 unspecified atom stereocenters. The molecule has 2 rings (SSSR count). The van der Waals surface area contributed by atoms with E-state index in [-0.39, 0.29) is 18.0 Å². The van der Waals surface area contributed by atoms with Gasteiger partial charge in [-0.1, -0.05) is 41.9 Å². The number of aliphatic carboxylic acids is 1. The third-order valence-corrected chi connectivity index (χ3v) is 6.65. The second kappa shape index (κ2) is 9.86. The van der Waals surface area contributed by atoms with Crippen molar-refractivity contribution in [1.29, 1.82) is 0 Å². The highest BCUT2D eigenvalue weighted by Gasteiger charge is 2.37. The lowest BCUT2D eigenvalue weighted by molar-refractivity contribution is -0.420. The number of pyridine rings is 1. The molecule has 1 heterocycles. The smallest absolute Gasteiger partial charge is 0.251 e. The number of rotatable bonds is 6. The van der Waals surface area contributed by atoms with Crippen LogP contribution in [0.25, 0.3) is 0 Å². The van der Waals surface area contributed by atoms with Gasteiger partial charge in [-0.3, -0.25) is 4.79 Å². The molecule has 2 atom stereocenters. The van der Waals surface area contributed by atoms with Crippen molar-refractivity contribution in [2.45, 2.75) is 37.6 Å². The number of carboxylic acid groups (broad SMARTS) is 1. The van der Waals surface area contributed by atoms with E-state index in [4.69, 9.17) is 11.6 Å². The summed E-state index contributed by atoms with van der Waals surface area (Å²) in [5.41, 5.74) is 4.78. The van der Waals surface area contributed by atoms with Crippen LogP contribution >= 0.6 is 11.6 Å². The summed E-state index contributed by atoms with van der Waals surface area (Å²) in [7, 11) is -3.86. The molecule has 1 aromatic carbocycles. The van der Waals surface area contributed by atoms with Crippen LogP contribution in [-0.4, -0.2) is 30.0 Å². The highest BCUT2D eigenvalue weighted by Crippen LogP contribution is 2.20. The fraction of sp³-hybridized carbons (Fsp3) is 0.368. The maximum atomic E-state index is 11.5. The maximum Gasteiger partial charge on any atom is 0.251 e. The predicted octanol–water partition coefficient (Wildman–Crippen LogP) is 0.435. The molecule has 28 heavy (non-hydrogen) atoms. The van der Waals surface area contributed by atoms with E-state index < -0.39 is 26.1 Å². The van der Waals surface area contributed by atoms with Gasteiger partial charge in [-0.15, -0.1) is 0 Å². The molecule has 0 amide bonds. The summed E-state index contributed by atoms with van der Waals surface area (Å²) in [5, 5.41) is 11.3. The van der Waals surface area contributed by atoms with Crippen molar-refractivity contribution in [3.8, 4) is 0 Å². The van der Waals surface area contributed by atoms with Crippen LogP contribution in [0.2, 0.25) is 5.02 Å². The van der Waals surface area contributed by atoms with Gasteiger partial charge in [0.15, 0.2) is 9.84 Å². The lowest BCUT2D eigenvalue weighted by Gasteiger charge is -2.28. The van der Waals surface area contributed by atoms with Gasteiger partial charge >= 0.3 is 0 Å². The highest BCUT2D eigenvalue weighted by atomic mass is 35.5. The summed E-state index contributed by atoms with van der Waals surface area (Å²) in [4.78, 5) is 22.6. The zero-order chi connectivity index (χ0) is 21.5. The van der Waals surface area contributed by atoms with E-state index in [0.29, 0.717) is 6.04 Å². The topological polar surface area (TPSA) is 124 Å². The van der Waals surface area contributed by atoms with Crippen LogP contribution in [0.4, 0.5) is 0 Å². The summed E-state index contributed by atoms with van der Waals surface area (Å²) in [6.45, 7) is 3.10. The summed E-state index contributed by atoms with van der Waals surface area (Å²) in [6.07, 6.45) is 1.94. The molecule has 7 nitrogen and oxygen atoms in total. The van der Waals surface area contributed by atoms with Crippen molar-refractivity contribution in [2.24, 2.45) is 0 Å². The summed E-state index contributed by atoms with van der Waals surface area (Å²) in [5.74, 6) is -1.68. The van der Waals surface area contributed by atoms with Crippen LogP contribution in [0.1, 0.15) is 31.9 Å². The SMILES string of the molecule is C[C@@](CCn1ccc(Cl)cc1=O)(C(=O)[O-])S(C)(=O)=O.C[C@H]([NH3+])c1ccccc1. The number of benzene rings is 1. The van der Waals surface area contributed by atoms with Gasteiger partial charge in [-0.05, 0) is 26.3 Å². The van der Waals surface area contributed by atoms with E-state index >= 15 is 0 Å². The Morgan fingerprint density at radius 3 is 2.25 bits per heavy atom. The first-order valence-electron chi connectivity index (χ1n) is 8.53. The normalized spacial score (nSPS) is 14.3. The third-order valence-electron chi connectivity index (χ3n) is 4.41. The van der Waals surface area contributed by atoms with Gasteiger partial charge in [0.1, 0.15) is 10.8 Å². The third kappa shape index (κ3) is 6.47. The average Bonchev–Trinajstić information content (AvgIpc) is 2.61. The molecule has 3 N–H and O–H groups in total. The Kier molecular flexibility index (Phi) is 8.41. The fourth-order valence-corrected chi connectivity index (χ4v) is 3.14. The Morgan fingerprint density at radius 2 is 1.86 bits per heavy atom. The van der Waals surface area contributed by atoms with Crippen molar-refractivity contribution in [3.63, 3.8) is 0 Å². The molecular formula is C19H25ClN2O5S. The zero-order valence-electron chi connectivity index (χ0n) is 16.1. The van der Waals surface area contributed by atoms with Crippen LogP contribution in [-0.2, 0) is 21.2 Å². The van der Waals surface area contributed by atoms with E-state index in [9.17, 15) is 23.1 Å². The summed E-state index contributed by atoms with van der Waals surface area (Å²) < 4.78 is 22.2. The minimum Gasteiger partial charge on any atom is -0.548 e. The molecule has 0 aliphatic carbocycles. The quantitative estimate of drug-likeness (QED) is 0.714. The molecule has 0 radical (unpaired) electrons. The maximum absolute atomic E-state index is 11.5. The van der Waals surface area contributed by atoms with Crippen LogP contribution in [0.5, 0.6) is 0 Å². The average molecular weight is 429 g/mol. The molecule has 0 saturated heterocycles. The molecule has 0 aliphatic rings. The second-order valence-corrected chi connectivity index (χ2v) is 9.61. The van der Waals surface area contributed by atoms with E-state index in [0.717, 1.165) is 13.2 Å². The molecule has 2 aromatic rings. The van der Waals surface area contributed by atoms with E-state index in [1.54, 1.807) is 0 Å². The first-order valence-corrected chi connectivity index (χ1v) is 10.8. The summed E-state index contributed by atoms with van der Waals surface area (Å²) in [6, 6.07) is 13.3. The number of aryl methyl sites for hydroxylation is 1. The van der Waals surface area contributed by atoms with Crippen molar-refractivity contribution >= 4 is 27.4 Å². The largest absolute Gasteiger partial charge is 0.548 e. The van der Waals surface area contributed by atoms with Crippen molar-refractivity contribution < 1.29 is 24.1 Å². The molecule has 0 saturated carbocycles. The number of aromatic nitrogens is 1. The second-order valence-electron chi connectivity index (χ2n) is 6.73. The number of hydrogen-bond donors (Lipinski definition) is 1. The molecule has 0 fully saturated rings. The number of carbonyl (C=O) groups excluding carboxylic acids is 1. The highest BCUT2D eigenvalue weighted by molar-refractivity contribution is 7.92. The van der Waals surface area contributed by atoms with Gasteiger partial charge in [0, 0.05) is 35.6 Å². The molecule has 0 bridgehead atoms. The fourth-order valence-electron chi connectivity index (χ4n) is 2.22. The Morgan fingerprint density at radius 1 is 1.29 bits per heavy atom. The Bertz CT molecular complexity index is 958. The number of carboxylic acids is 1. The molecular weight excluding hydrogens is 404 g/mol. The predicted molar refractivity (Wildman–Crippen MR) is 106 cm³/mol. The van der Waals surface area contributed by atoms with Crippen LogP contribution in [0, 0.1) is 0 Å². The van der Waals surface area contributed by atoms with Crippen LogP contribution < -0.4 is 16.4 Å². The lowest BCUT2D eigenvalue weighted by atomic mass is 10.1. The van der Waals surface area contributed by atoms with Gasteiger partial charge in [0.2, 0.25) is 0 Å². The standard InChI is InChI=1S/C11H14ClNO5S.C8H11N/c1-11(10(15)16,19(2,17)18)4-6-13-5-3-8(12)7-9(13)14;1-7(9)8-5-3-2-4-6-8/h3,5,7H,4,6H2,1-2H3,(H,15,16);2-7H,9H2,1H3/t11-;7-/m10/s1. The van der Waals surface area contributed by atoms with Crippen molar-refractivity contribution in [1.82, 2.24) is 4.57 Å². The van der Waals surface area contributed by atoms with Gasteiger partial charge in [0.25, 0.3) is 5.56 Å². The summed E-state index contributed by atoms with van der Waals surface area (Å²) >= 11 is 5.62. The van der Waals surface area contributed by atoms with E-state index in [2.05, 4.69) is 24.8 Å².